The van der Waals surface area contributed by atoms with Crippen LogP contribution in [-0.2, 0) is 0 Å². The van der Waals surface area contributed by atoms with Gasteiger partial charge in [-0.2, -0.15) is 0 Å². The first-order chi connectivity index (χ1) is 13.9. The molecule has 0 heterocycles. The van der Waals surface area contributed by atoms with Gasteiger partial charge in [0, 0.05) is 17.9 Å². The van der Waals surface area contributed by atoms with Crippen LogP contribution in [0.25, 0.3) is 0 Å². The van der Waals surface area contributed by atoms with Gasteiger partial charge in [0.2, 0.25) is 0 Å². The van der Waals surface area contributed by atoms with E-state index in [-0.39, 0.29) is 12.8 Å². The molecule has 1 fully saturated rings. The van der Waals surface area contributed by atoms with Crippen LogP contribution in [0.1, 0.15) is 58.6 Å². The average Bonchev–Trinajstić information content (AvgIpc) is 2.62. The van der Waals surface area contributed by atoms with Crippen LogP contribution in [0.3, 0.4) is 0 Å². The second-order valence-corrected chi connectivity index (χ2v) is 5.23. The molecular weight excluding hydrogens is 250 g/mol. The largest absolute Gasteiger partial charge is 0.497 e. The first-order valence-electron chi connectivity index (χ1n) is 12.2. The van der Waals surface area contributed by atoms with Crippen molar-refractivity contribution in [2.75, 3.05) is 27.6 Å². The molecule has 1 aliphatic rings. The zero-order valence-electron chi connectivity index (χ0n) is 22.5. The number of ether oxygens (including phenoxy) is 1. The number of benzene rings is 1. The fraction of sp³-hybridized carbons (Fsp3) is 0.647. The highest BCUT2D eigenvalue weighted by atomic mass is 16.5. The van der Waals surface area contributed by atoms with Crippen LogP contribution < -0.4 is 4.74 Å². The third-order valence-electron chi connectivity index (χ3n) is 3.64. The normalized spacial score (nSPS) is 30.6. The lowest BCUT2D eigenvalue weighted by atomic mass is 9.72. The Morgan fingerprint density at radius 2 is 2.10 bits per heavy atom. The molecule has 0 amide bonds. The Kier molecular flexibility index (Phi) is 2.10. The van der Waals surface area contributed by atoms with E-state index < -0.39 is 67.5 Å². The summed E-state index contributed by atoms with van der Waals surface area (Å²) in [5, 5.41) is 11.4. The van der Waals surface area contributed by atoms with Gasteiger partial charge in [-0.25, -0.2) is 0 Å². The first kappa shape index (κ1) is 6.37. The maximum absolute atomic E-state index is 11.4. The van der Waals surface area contributed by atoms with Gasteiger partial charge in [0.15, 0.2) is 0 Å². The van der Waals surface area contributed by atoms with Crippen molar-refractivity contribution in [2.24, 2.45) is 0 Å². The number of hydrogen-bond acceptors (Lipinski definition) is 3. The summed E-state index contributed by atoms with van der Waals surface area (Å²) in [5.74, 6) is -3.02. The zero-order valence-corrected chi connectivity index (χ0v) is 11.5. The summed E-state index contributed by atoms with van der Waals surface area (Å²) in [6.07, 6.45) is 2.15. The molecule has 0 bridgehead atoms. The minimum Gasteiger partial charge on any atom is -0.497 e. The molecule has 1 aromatic carbocycles. The van der Waals surface area contributed by atoms with E-state index in [1.807, 2.05) is 0 Å². The van der Waals surface area contributed by atoms with E-state index in [1.165, 1.54) is 7.05 Å². The van der Waals surface area contributed by atoms with Gasteiger partial charge in [-0.05, 0) is 44.5 Å². The molecular formula is C17H27NO2. The predicted octanol–water partition coefficient (Wildman–Crippen LogP) is 3.04. The molecule has 0 saturated heterocycles. The lowest BCUT2D eigenvalue weighted by Gasteiger charge is -2.40. The molecule has 0 radical (unpaired) electrons. The lowest BCUT2D eigenvalue weighted by Crippen LogP contribution is -2.42. The zero-order chi connectivity index (χ0) is 24.0. The number of likely N-dealkylation sites (N-methyl/N-ethyl adjacent to an activating group) is 1. The van der Waals surface area contributed by atoms with Crippen LogP contribution in [0, 0.1) is 0 Å². The van der Waals surface area contributed by atoms with Gasteiger partial charge in [-0.1, -0.05) is 31.3 Å². The molecule has 3 heteroatoms. The van der Waals surface area contributed by atoms with Gasteiger partial charge in [-0.3, -0.25) is 0 Å². The van der Waals surface area contributed by atoms with E-state index in [2.05, 4.69) is 4.74 Å². The van der Waals surface area contributed by atoms with Crippen molar-refractivity contribution in [1.29, 1.82) is 0 Å². The summed E-state index contributed by atoms with van der Waals surface area (Å²) in [7, 11) is -1.79. The van der Waals surface area contributed by atoms with Crippen molar-refractivity contribution in [3.05, 3.63) is 29.7 Å². The van der Waals surface area contributed by atoms with Crippen molar-refractivity contribution in [1.82, 2.24) is 4.90 Å². The molecule has 112 valence electrons. The summed E-state index contributed by atoms with van der Waals surface area (Å²) in [6, 6.07) is -3.10. The Morgan fingerprint density at radius 1 is 1.40 bits per heavy atom. The molecule has 20 heavy (non-hydrogen) atoms. The van der Waals surface area contributed by atoms with Crippen LogP contribution in [0.4, 0.5) is 0 Å². The maximum atomic E-state index is 11.4. The Morgan fingerprint density at radius 3 is 2.70 bits per heavy atom. The van der Waals surface area contributed by atoms with E-state index in [0.717, 1.165) is 11.3 Å². The van der Waals surface area contributed by atoms with Gasteiger partial charge in [0.05, 0.1) is 22.2 Å². The Hall–Kier alpha value is -1.06. The summed E-state index contributed by atoms with van der Waals surface area (Å²) in [5.41, 5.74) is -2.29. The number of aliphatic hydroxyl groups is 1. The quantitative estimate of drug-likeness (QED) is 0.904. The van der Waals surface area contributed by atoms with Crippen LogP contribution in [-0.4, -0.2) is 43.2 Å². The van der Waals surface area contributed by atoms with Crippen molar-refractivity contribution in [3.63, 3.8) is 0 Å². The van der Waals surface area contributed by atoms with Crippen molar-refractivity contribution >= 4 is 0 Å². The van der Waals surface area contributed by atoms with Gasteiger partial charge in [0.1, 0.15) is 5.75 Å². The third-order valence-corrected chi connectivity index (χ3v) is 3.64. The maximum Gasteiger partial charge on any atom is 0.118 e. The second-order valence-electron chi connectivity index (χ2n) is 5.23. The Balaban J connectivity index is 2.77. The molecule has 0 aliphatic heterocycles. The topological polar surface area (TPSA) is 32.7 Å². The molecule has 0 spiro atoms. The Bertz CT molecular complexity index is 789. The highest BCUT2D eigenvalue weighted by Gasteiger charge is 2.38. The summed E-state index contributed by atoms with van der Waals surface area (Å²) < 4.78 is 91.5. The molecule has 1 aromatic rings. The summed E-state index contributed by atoms with van der Waals surface area (Å²) in [6.45, 7) is -3.21. The second kappa shape index (κ2) is 6.59. The van der Waals surface area contributed by atoms with Crippen molar-refractivity contribution in [2.45, 2.75) is 43.6 Å². The minimum atomic E-state index is -3.02. The molecule has 3 nitrogen and oxygen atoms in total. The van der Waals surface area contributed by atoms with Crippen LogP contribution >= 0.6 is 0 Å². The van der Waals surface area contributed by atoms with E-state index in [0.29, 0.717) is 12.8 Å². The Labute approximate surface area is 138 Å². The molecule has 1 saturated carbocycles. The van der Waals surface area contributed by atoms with Gasteiger partial charge in [-0.15, -0.1) is 0 Å². The van der Waals surface area contributed by atoms with E-state index in [4.69, 9.17) is 13.7 Å². The van der Waals surface area contributed by atoms with E-state index >= 15 is 0 Å². The summed E-state index contributed by atoms with van der Waals surface area (Å²) >= 11 is 0. The van der Waals surface area contributed by atoms with E-state index in [9.17, 15) is 6.48 Å². The van der Waals surface area contributed by atoms with E-state index in [1.54, 1.807) is 0 Å². The minimum absolute atomic E-state index is 0.123. The molecule has 1 N–H and O–H groups in total. The van der Waals surface area contributed by atoms with Gasteiger partial charge >= 0.3 is 0 Å². The molecule has 0 aromatic heterocycles. The van der Waals surface area contributed by atoms with Crippen molar-refractivity contribution < 1.29 is 24.9 Å². The third kappa shape index (κ3) is 3.53. The predicted molar refractivity (Wildman–Crippen MR) is 82.3 cm³/mol. The molecule has 1 aliphatic carbocycles. The monoisotopic (exact) mass is 288 g/mol. The SMILES string of the molecule is [2H]c1c([2H])c([C@@]([2H])(CN(C)C([2H])([2H])[2H])C2(O)CCCCC2)c([2H])c([2H])c1OC([2H])([2H])[2H]. The van der Waals surface area contributed by atoms with Gasteiger partial charge < -0.3 is 14.7 Å². The van der Waals surface area contributed by atoms with Crippen LogP contribution in [0.5, 0.6) is 5.75 Å². The molecule has 0 unspecified atom stereocenters. The summed E-state index contributed by atoms with van der Waals surface area (Å²) in [4.78, 5) is 0.853. The van der Waals surface area contributed by atoms with Crippen molar-refractivity contribution in [3.8, 4) is 5.75 Å². The fourth-order valence-electron chi connectivity index (χ4n) is 2.64. The number of rotatable bonds is 5. The van der Waals surface area contributed by atoms with Crippen LogP contribution in [0.2, 0.25) is 0 Å². The highest BCUT2D eigenvalue weighted by Crippen LogP contribution is 2.40. The number of hydrogen-bond donors (Lipinski definition) is 1. The smallest absolute Gasteiger partial charge is 0.118 e. The molecule has 1 atom stereocenters. The fourth-order valence-corrected chi connectivity index (χ4v) is 2.64. The number of nitrogens with zero attached hydrogens (tertiary/aromatic N) is 1. The van der Waals surface area contributed by atoms with Gasteiger partial charge in [0.25, 0.3) is 0 Å². The molecule has 2 rings (SSSR count). The highest BCUT2D eigenvalue weighted by molar-refractivity contribution is 5.31. The average molecular weight is 288 g/mol. The first-order valence-corrected chi connectivity index (χ1v) is 6.68. The number of methoxy groups -OCH3 is 1. The van der Waals surface area contributed by atoms with Crippen LogP contribution in [0.15, 0.2) is 24.2 Å². The lowest BCUT2D eigenvalue weighted by molar-refractivity contribution is -0.0277. The standard InChI is InChI=1S/C17H27NO2/c1-18(2)13-16(17(19)11-5-4-6-12-17)14-7-9-15(20-3)10-8-14/h7-10,16,19H,4-6,11-13H2,1-3H3/t16-/m1/s1/i1D3,3D3,7D,8D,9D,10D,16D.